The average molecular weight is 277 g/mol. The Labute approximate surface area is 118 Å². The predicted molar refractivity (Wildman–Crippen MR) is 78.0 cm³/mol. The van der Waals surface area contributed by atoms with Gasteiger partial charge >= 0.3 is 0 Å². The molecule has 0 unspecified atom stereocenters. The summed E-state index contributed by atoms with van der Waals surface area (Å²) < 4.78 is 5.83. The Balaban J connectivity index is 2.28. The minimum atomic E-state index is 0.559. The number of nitrogens with one attached hydrogen (secondary N) is 1. The quantitative estimate of drug-likeness (QED) is 0.921. The minimum Gasteiger partial charge on any atom is -0.439 e. The number of benzene rings is 1. The van der Waals surface area contributed by atoms with E-state index in [1.54, 1.807) is 6.20 Å². The molecule has 0 amide bonds. The lowest BCUT2D eigenvalue weighted by Crippen LogP contribution is -2.06. The van der Waals surface area contributed by atoms with Crippen LogP contribution in [0.1, 0.15) is 16.7 Å². The number of ether oxygens (including phenoxy) is 1. The zero-order chi connectivity index (χ0) is 13.8. The molecule has 0 saturated carbocycles. The summed E-state index contributed by atoms with van der Waals surface area (Å²) in [5.74, 6) is 1.38. The Bertz CT molecular complexity index is 584. The van der Waals surface area contributed by atoms with Gasteiger partial charge in [0.05, 0.1) is 5.02 Å². The fourth-order valence-electron chi connectivity index (χ4n) is 1.79. The summed E-state index contributed by atoms with van der Waals surface area (Å²) in [6.07, 6.45) is 1.62. The number of rotatable bonds is 4. The summed E-state index contributed by atoms with van der Waals surface area (Å²) in [5, 5.41) is 3.71. The van der Waals surface area contributed by atoms with Crippen molar-refractivity contribution in [1.82, 2.24) is 10.3 Å². The molecular formula is C15H17ClN2O. The van der Waals surface area contributed by atoms with E-state index in [4.69, 9.17) is 16.3 Å². The molecule has 4 heteroatoms. The van der Waals surface area contributed by atoms with Gasteiger partial charge in [-0.25, -0.2) is 4.98 Å². The monoisotopic (exact) mass is 276 g/mol. The van der Waals surface area contributed by atoms with Gasteiger partial charge in [0, 0.05) is 18.8 Å². The van der Waals surface area contributed by atoms with Crippen LogP contribution in [0.15, 0.2) is 30.5 Å². The van der Waals surface area contributed by atoms with Crippen LogP contribution in [0.25, 0.3) is 0 Å². The third kappa shape index (κ3) is 3.25. The molecule has 100 valence electrons. The van der Waals surface area contributed by atoms with E-state index in [1.807, 2.05) is 32.2 Å². The van der Waals surface area contributed by atoms with Crippen LogP contribution < -0.4 is 10.1 Å². The molecule has 1 aromatic carbocycles. The average Bonchev–Trinajstić information content (AvgIpc) is 2.39. The molecule has 0 radical (unpaired) electrons. The van der Waals surface area contributed by atoms with Gasteiger partial charge in [-0.05, 0) is 43.7 Å². The first-order valence-corrected chi connectivity index (χ1v) is 6.52. The van der Waals surface area contributed by atoms with Gasteiger partial charge < -0.3 is 10.1 Å². The molecule has 2 rings (SSSR count). The maximum atomic E-state index is 6.08. The smallest absolute Gasteiger partial charge is 0.219 e. The number of nitrogens with zero attached hydrogens (tertiary/aromatic N) is 1. The lowest BCUT2D eigenvalue weighted by Gasteiger charge is -2.11. The van der Waals surface area contributed by atoms with Crippen molar-refractivity contribution in [3.05, 3.63) is 52.2 Å². The van der Waals surface area contributed by atoms with E-state index in [9.17, 15) is 0 Å². The van der Waals surface area contributed by atoms with Crippen LogP contribution >= 0.6 is 11.6 Å². The normalized spacial score (nSPS) is 10.5. The highest BCUT2D eigenvalue weighted by Gasteiger charge is 2.07. The van der Waals surface area contributed by atoms with Crippen molar-refractivity contribution in [2.24, 2.45) is 0 Å². The first-order valence-electron chi connectivity index (χ1n) is 6.15. The lowest BCUT2D eigenvalue weighted by molar-refractivity contribution is 0.458. The van der Waals surface area contributed by atoms with E-state index < -0.39 is 0 Å². The van der Waals surface area contributed by atoms with Crippen molar-refractivity contribution in [2.75, 3.05) is 7.05 Å². The van der Waals surface area contributed by atoms with Crippen LogP contribution in [0.4, 0.5) is 0 Å². The highest BCUT2D eigenvalue weighted by atomic mass is 35.5. The first-order chi connectivity index (χ1) is 9.11. The molecule has 1 heterocycles. The van der Waals surface area contributed by atoms with Crippen LogP contribution in [0.3, 0.4) is 0 Å². The molecule has 0 aliphatic rings. The number of pyridine rings is 1. The number of aromatic nitrogens is 1. The third-order valence-electron chi connectivity index (χ3n) is 3.05. The number of halogens is 1. The number of hydrogen-bond acceptors (Lipinski definition) is 3. The Morgan fingerprint density at radius 2 is 2.11 bits per heavy atom. The van der Waals surface area contributed by atoms with Gasteiger partial charge in [0.25, 0.3) is 0 Å². The van der Waals surface area contributed by atoms with Crippen molar-refractivity contribution in [1.29, 1.82) is 0 Å². The van der Waals surface area contributed by atoms with Gasteiger partial charge in [-0.3, -0.25) is 0 Å². The fourth-order valence-corrected chi connectivity index (χ4v) is 1.96. The molecule has 19 heavy (non-hydrogen) atoms. The SMILES string of the molecule is CNCc1cc(Oc2cccc(C)c2C)ncc1Cl. The Hall–Kier alpha value is -1.58. The molecule has 0 bridgehead atoms. The van der Waals surface area contributed by atoms with E-state index in [-0.39, 0.29) is 0 Å². The summed E-state index contributed by atoms with van der Waals surface area (Å²) in [6, 6.07) is 7.84. The van der Waals surface area contributed by atoms with Crippen molar-refractivity contribution in [3.8, 4) is 11.6 Å². The second-order valence-electron chi connectivity index (χ2n) is 4.44. The van der Waals surface area contributed by atoms with Gasteiger partial charge in [-0.1, -0.05) is 23.7 Å². The van der Waals surface area contributed by atoms with Crippen LogP contribution in [-0.2, 0) is 6.54 Å². The van der Waals surface area contributed by atoms with E-state index in [0.717, 1.165) is 16.9 Å². The second-order valence-corrected chi connectivity index (χ2v) is 4.85. The van der Waals surface area contributed by atoms with E-state index in [2.05, 4.69) is 23.3 Å². The zero-order valence-electron chi connectivity index (χ0n) is 11.3. The summed E-state index contributed by atoms with van der Waals surface area (Å²) in [5.41, 5.74) is 3.29. The Kier molecular flexibility index (Phi) is 4.40. The predicted octanol–water partition coefficient (Wildman–Crippen LogP) is 3.86. The van der Waals surface area contributed by atoms with Crippen molar-refractivity contribution >= 4 is 11.6 Å². The van der Waals surface area contributed by atoms with Crippen LogP contribution in [-0.4, -0.2) is 12.0 Å². The van der Waals surface area contributed by atoms with Gasteiger partial charge in [0.2, 0.25) is 5.88 Å². The topological polar surface area (TPSA) is 34.1 Å². The number of hydrogen-bond donors (Lipinski definition) is 1. The van der Waals surface area contributed by atoms with Gasteiger partial charge in [0.1, 0.15) is 5.75 Å². The zero-order valence-corrected chi connectivity index (χ0v) is 12.1. The first kappa shape index (κ1) is 13.8. The molecule has 0 saturated heterocycles. The van der Waals surface area contributed by atoms with Crippen LogP contribution in [0.2, 0.25) is 5.02 Å². The van der Waals surface area contributed by atoms with Crippen molar-refractivity contribution in [2.45, 2.75) is 20.4 Å². The molecular weight excluding hydrogens is 260 g/mol. The largest absolute Gasteiger partial charge is 0.439 e. The van der Waals surface area contributed by atoms with Crippen LogP contribution in [0, 0.1) is 13.8 Å². The molecule has 2 aromatic rings. The molecule has 1 N–H and O–H groups in total. The number of aryl methyl sites for hydroxylation is 1. The molecule has 1 aromatic heterocycles. The second kappa shape index (κ2) is 6.04. The summed E-state index contributed by atoms with van der Waals surface area (Å²) in [6.45, 7) is 4.78. The fraction of sp³-hybridized carbons (Fsp3) is 0.267. The Morgan fingerprint density at radius 3 is 2.84 bits per heavy atom. The third-order valence-corrected chi connectivity index (χ3v) is 3.39. The van der Waals surface area contributed by atoms with E-state index in [0.29, 0.717) is 17.4 Å². The maximum Gasteiger partial charge on any atom is 0.219 e. The molecule has 0 aliphatic carbocycles. The van der Waals surface area contributed by atoms with Crippen LogP contribution in [0.5, 0.6) is 11.6 Å². The summed E-state index contributed by atoms with van der Waals surface area (Å²) in [7, 11) is 1.88. The van der Waals surface area contributed by atoms with E-state index in [1.165, 1.54) is 5.56 Å². The molecule has 0 spiro atoms. The van der Waals surface area contributed by atoms with Gasteiger partial charge in [-0.15, -0.1) is 0 Å². The molecule has 0 aliphatic heterocycles. The summed E-state index contributed by atoms with van der Waals surface area (Å²) >= 11 is 6.08. The maximum absolute atomic E-state index is 6.08. The van der Waals surface area contributed by atoms with Crippen molar-refractivity contribution < 1.29 is 4.74 Å². The Morgan fingerprint density at radius 1 is 1.32 bits per heavy atom. The molecule has 3 nitrogen and oxygen atoms in total. The van der Waals surface area contributed by atoms with Gasteiger partial charge in [0.15, 0.2) is 0 Å². The highest BCUT2D eigenvalue weighted by Crippen LogP contribution is 2.27. The van der Waals surface area contributed by atoms with Crippen molar-refractivity contribution in [3.63, 3.8) is 0 Å². The molecule has 0 atom stereocenters. The van der Waals surface area contributed by atoms with Gasteiger partial charge in [-0.2, -0.15) is 0 Å². The lowest BCUT2D eigenvalue weighted by atomic mass is 10.1. The summed E-state index contributed by atoms with van der Waals surface area (Å²) in [4.78, 5) is 4.21. The standard InChI is InChI=1S/C15H17ClN2O/c1-10-5-4-6-14(11(10)2)19-15-7-12(8-17-3)13(16)9-18-15/h4-7,9,17H,8H2,1-3H3. The van der Waals surface area contributed by atoms with E-state index >= 15 is 0 Å². The molecule has 0 fully saturated rings. The highest BCUT2D eigenvalue weighted by molar-refractivity contribution is 6.31. The minimum absolute atomic E-state index is 0.559.